The number of aromatic nitrogens is 1. The zero-order chi connectivity index (χ0) is 39.5. The van der Waals surface area contributed by atoms with Crippen LogP contribution in [0.15, 0.2) is 218 Å². The Labute approximate surface area is 345 Å². The molecule has 0 spiro atoms. The third kappa shape index (κ3) is 5.79. The lowest BCUT2D eigenvalue weighted by molar-refractivity contribution is 0.660. The monoisotopic (exact) mass is 754 g/mol. The van der Waals surface area contributed by atoms with Gasteiger partial charge in [0.2, 0.25) is 0 Å². The first-order valence-corrected chi connectivity index (χ1v) is 20.5. The van der Waals surface area contributed by atoms with Gasteiger partial charge in [-0.2, -0.15) is 0 Å². The van der Waals surface area contributed by atoms with E-state index in [2.05, 4.69) is 242 Å². The summed E-state index contributed by atoms with van der Waals surface area (Å²) in [7, 11) is 0. The fourth-order valence-electron chi connectivity index (χ4n) is 9.48. The average Bonchev–Trinajstić information content (AvgIpc) is 3.75. The molecule has 1 aliphatic rings. The lowest BCUT2D eigenvalue weighted by atomic mass is 9.82. The van der Waals surface area contributed by atoms with E-state index in [-0.39, 0.29) is 5.41 Å². The van der Waals surface area contributed by atoms with E-state index >= 15 is 0 Å². The van der Waals surface area contributed by atoms with E-state index in [4.69, 9.17) is 0 Å². The van der Waals surface area contributed by atoms with Crippen molar-refractivity contribution in [3.8, 4) is 50.2 Å². The fraction of sp³-hybridized carbons (Fsp3) is 0.0526. The topological polar surface area (TPSA) is 8.17 Å². The van der Waals surface area contributed by atoms with Crippen molar-refractivity contribution < 1.29 is 0 Å². The van der Waals surface area contributed by atoms with Crippen LogP contribution >= 0.6 is 0 Å². The SMILES string of the molecule is CC1(C)c2ccc(N(c3ccc(-c4ccccc4)cc3)c3ccc(-c4ccc5c6ccccc6n(-c6ccccc6)c5c4)cc3)cc2-c2c(-c3ccccc3)cccc21. The highest BCUT2D eigenvalue weighted by atomic mass is 15.1. The molecule has 0 bridgehead atoms. The molecule has 2 nitrogen and oxygen atoms in total. The second-order valence-corrected chi connectivity index (χ2v) is 16.2. The lowest BCUT2D eigenvalue weighted by Crippen LogP contribution is -2.15. The van der Waals surface area contributed by atoms with E-state index < -0.39 is 0 Å². The van der Waals surface area contributed by atoms with Crippen molar-refractivity contribution in [2.75, 3.05) is 4.90 Å². The standard InChI is InChI=1S/C57H42N2/c1-57(2)52-36-34-47(38-51(52)56-48(22-14-23-53(56)57)42-17-8-4-9-18-42)58(45-30-25-40(26-31-45)39-15-6-3-7-16-39)46-32-27-41(28-33-46)43-29-35-50-49-21-12-13-24-54(49)59(55(50)37-43)44-19-10-5-11-20-44/h3-38H,1-2H3. The van der Waals surface area contributed by atoms with E-state index in [1.165, 1.54) is 77.4 Å². The molecule has 10 aromatic rings. The highest BCUT2D eigenvalue weighted by Crippen LogP contribution is 2.53. The number of hydrogen-bond donors (Lipinski definition) is 0. The molecule has 280 valence electrons. The predicted octanol–water partition coefficient (Wildman–Crippen LogP) is 15.6. The summed E-state index contributed by atoms with van der Waals surface area (Å²) in [5.41, 5.74) is 19.5. The summed E-state index contributed by atoms with van der Waals surface area (Å²) >= 11 is 0. The Bertz CT molecular complexity index is 3140. The van der Waals surface area contributed by atoms with E-state index in [1.807, 2.05) is 0 Å². The van der Waals surface area contributed by atoms with Gasteiger partial charge in [0.15, 0.2) is 0 Å². The molecule has 0 fully saturated rings. The van der Waals surface area contributed by atoms with Crippen LogP contribution in [0.2, 0.25) is 0 Å². The van der Waals surface area contributed by atoms with Crippen molar-refractivity contribution in [2.24, 2.45) is 0 Å². The highest BCUT2D eigenvalue weighted by Gasteiger charge is 2.37. The number of rotatable bonds is 7. The third-order valence-electron chi connectivity index (χ3n) is 12.4. The minimum absolute atomic E-state index is 0.120. The second-order valence-electron chi connectivity index (χ2n) is 16.2. The lowest BCUT2D eigenvalue weighted by Gasteiger charge is -2.27. The first-order chi connectivity index (χ1) is 29.0. The number of benzene rings is 9. The van der Waals surface area contributed by atoms with E-state index in [9.17, 15) is 0 Å². The average molecular weight is 755 g/mol. The van der Waals surface area contributed by atoms with Gasteiger partial charge < -0.3 is 9.47 Å². The third-order valence-corrected chi connectivity index (χ3v) is 12.4. The molecule has 11 rings (SSSR count). The minimum atomic E-state index is -0.120. The molecule has 0 atom stereocenters. The Morgan fingerprint density at radius 2 is 0.898 bits per heavy atom. The van der Waals surface area contributed by atoms with Crippen LogP contribution in [0.5, 0.6) is 0 Å². The summed E-state index contributed by atoms with van der Waals surface area (Å²) in [5, 5.41) is 2.52. The predicted molar refractivity (Wildman–Crippen MR) is 249 cm³/mol. The number of fused-ring (bicyclic) bond motifs is 6. The van der Waals surface area contributed by atoms with Gasteiger partial charge in [-0.15, -0.1) is 0 Å². The molecule has 1 aromatic heterocycles. The molecule has 59 heavy (non-hydrogen) atoms. The van der Waals surface area contributed by atoms with Gasteiger partial charge in [0.25, 0.3) is 0 Å². The van der Waals surface area contributed by atoms with Crippen molar-refractivity contribution in [2.45, 2.75) is 19.3 Å². The zero-order valence-corrected chi connectivity index (χ0v) is 33.2. The van der Waals surface area contributed by atoms with Gasteiger partial charge in [0.1, 0.15) is 0 Å². The first kappa shape index (κ1) is 34.8. The molecule has 9 aromatic carbocycles. The van der Waals surface area contributed by atoms with Crippen molar-refractivity contribution in [3.63, 3.8) is 0 Å². The summed E-state index contributed by atoms with van der Waals surface area (Å²) in [6.07, 6.45) is 0. The number of anilines is 3. The fourth-order valence-corrected chi connectivity index (χ4v) is 9.48. The van der Waals surface area contributed by atoms with Crippen LogP contribution in [0.1, 0.15) is 25.0 Å². The number of para-hydroxylation sites is 2. The van der Waals surface area contributed by atoms with Crippen molar-refractivity contribution in [1.82, 2.24) is 4.57 Å². The van der Waals surface area contributed by atoms with Gasteiger partial charge in [-0.3, -0.25) is 0 Å². The van der Waals surface area contributed by atoms with Gasteiger partial charge in [-0.1, -0.05) is 172 Å². The van der Waals surface area contributed by atoms with Crippen LogP contribution in [0.4, 0.5) is 17.1 Å². The Balaban J connectivity index is 1.04. The molecule has 0 radical (unpaired) electrons. The molecular weight excluding hydrogens is 713 g/mol. The first-order valence-electron chi connectivity index (χ1n) is 20.5. The number of hydrogen-bond acceptors (Lipinski definition) is 1. The van der Waals surface area contributed by atoms with E-state index in [1.54, 1.807) is 0 Å². The molecule has 0 amide bonds. The zero-order valence-electron chi connectivity index (χ0n) is 33.2. The smallest absolute Gasteiger partial charge is 0.0547 e. The van der Waals surface area contributed by atoms with Gasteiger partial charge in [0.05, 0.1) is 11.0 Å². The van der Waals surface area contributed by atoms with Crippen LogP contribution in [0.25, 0.3) is 72.0 Å². The summed E-state index contributed by atoms with van der Waals surface area (Å²) in [5.74, 6) is 0. The second kappa shape index (κ2) is 13.9. The molecule has 2 heteroatoms. The normalized spacial score (nSPS) is 12.7. The Hall–Kier alpha value is -7.42. The molecule has 1 aliphatic carbocycles. The quantitative estimate of drug-likeness (QED) is 0.157. The van der Waals surface area contributed by atoms with Crippen molar-refractivity contribution in [3.05, 3.63) is 230 Å². The molecule has 1 heterocycles. The molecule has 0 aliphatic heterocycles. The largest absolute Gasteiger partial charge is 0.310 e. The van der Waals surface area contributed by atoms with E-state index in [0.717, 1.165) is 22.7 Å². The highest BCUT2D eigenvalue weighted by molar-refractivity contribution is 6.10. The maximum absolute atomic E-state index is 2.42. The molecule has 0 saturated heterocycles. The van der Waals surface area contributed by atoms with Gasteiger partial charge in [-0.05, 0) is 116 Å². The summed E-state index contributed by atoms with van der Waals surface area (Å²) in [6.45, 7) is 4.73. The van der Waals surface area contributed by atoms with E-state index in [0.29, 0.717) is 0 Å². The van der Waals surface area contributed by atoms with Crippen LogP contribution in [0, 0.1) is 0 Å². The summed E-state index contributed by atoms with van der Waals surface area (Å²) in [4.78, 5) is 2.41. The van der Waals surface area contributed by atoms with Crippen LogP contribution in [-0.2, 0) is 5.41 Å². The minimum Gasteiger partial charge on any atom is -0.310 e. The van der Waals surface area contributed by atoms with Gasteiger partial charge in [0, 0.05) is 38.9 Å². The Morgan fingerprint density at radius 1 is 0.356 bits per heavy atom. The molecular formula is C57H42N2. The Morgan fingerprint density at radius 3 is 1.59 bits per heavy atom. The van der Waals surface area contributed by atoms with Crippen molar-refractivity contribution in [1.29, 1.82) is 0 Å². The number of nitrogens with zero attached hydrogens (tertiary/aromatic N) is 2. The van der Waals surface area contributed by atoms with Crippen LogP contribution in [-0.4, -0.2) is 4.57 Å². The van der Waals surface area contributed by atoms with Crippen LogP contribution in [0.3, 0.4) is 0 Å². The molecule has 0 N–H and O–H groups in total. The van der Waals surface area contributed by atoms with Gasteiger partial charge >= 0.3 is 0 Å². The maximum Gasteiger partial charge on any atom is 0.0547 e. The maximum atomic E-state index is 2.42. The van der Waals surface area contributed by atoms with Crippen molar-refractivity contribution >= 4 is 38.9 Å². The summed E-state index contributed by atoms with van der Waals surface area (Å²) < 4.78 is 2.39. The summed E-state index contributed by atoms with van der Waals surface area (Å²) in [6, 6.07) is 79.7. The molecule has 0 saturated carbocycles. The Kier molecular flexibility index (Phi) is 8.20. The van der Waals surface area contributed by atoms with Gasteiger partial charge in [-0.25, -0.2) is 0 Å². The molecule has 0 unspecified atom stereocenters. The van der Waals surface area contributed by atoms with Crippen LogP contribution < -0.4 is 4.90 Å².